The van der Waals surface area contributed by atoms with Crippen molar-refractivity contribution in [1.82, 2.24) is 9.38 Å². The van der Waals surface area contributed by atoms with Gasteiger partial charge in [0.05, 0.1) is 23.6 Å². The van der Waals surface area contributed by atoms with E-state index in [9.17, 15) is 9.59 Å². The summed E-state index contributed by atoms with van der Waals surface area (Å²) in [6.07, 6.45) is 2.43. The van der Waals surface area contributed by atoms with Crippen molar-refractivity contribution in [2.75, 3.05) is 4.90 Å². The van der Waals surface area contributed by atoms with E-state index in [0.29, 0.717) is 38.3 Å². The summed E-state index contributed by atoms with van der Waals surface area (Å²) in [5, 5.41) is 1.06. The second kappa shape index (κ2) is 9.88. The highest BCUT2D eigenvalue weighted by Crippen LogP contribution is 2.35. The lowest BCUT2D eigenvalue weighted by atomic mass is 9.97. The summed E-state index contributed by atoms with van der Waals surface area (Å²) in [5.41, 5.74) is 3.49. The number of hydrogen-bond acceptors (Lipinski definition) is 4. The smallest absolute Gasteiger partial charge is 0.258 e. The van der Waals surface area contributed by atoms with Gasteiger partial charge in [-0.25, -0.2) is 4.98 Å². The molecule has 8 heteroatoms. The van der Waals surface area contributed by atoms with Crippen molar-refractivity contribution in [3.63, 3.8) is 0 Å². The van der Waals surface area contributed by atoms with Crippen LogP contribution in [0.3, 0.4) is 0 Å². The number of fused-ring (bicyclic) bond motifs is 2. The fourth-order valence-corrected chi connectivity index (χ4v) is 4.84. The minimum absolute atomic E-state index is 0.0301. The molecule has 0 fully saturated rings. The van der Waals surface area contributed by atoms with Crippen molar-refractivity contribution in [2.45, 2.75) is 32.9 Å². The number of pyridine rings is 1. The van der Waals surface area contributed by atoms with Gasteiger partial charge in [0, 0.05) is 33.4 Å². The van der Waals surface area contributed by atoms with Gasteiger partial charge in [-0.2, -0.15) is 0 Å². The van der Waals surface area contributed by atoms with E-state index in [0.717, 1.165) is 12.0 Å². The van der Waals surface area contributed by atoms with Crippen molar-refractivity contribution in [3.8, 4) is 0 Å². The quantitative estimate of drug-likeness (QED) is 0.335. The largest absolute Gasteiger partial charge is 0.304 e. The molecule has 1 aliphatic heterocycles. The third-order valence-electron chi connectivity index (χ3n) is 6.55. The number of aliphatic imine (C=N–C) groups is 1. The lowest BCUT2D eigenvalue weighted by Crippen LogP contribution is -2.40. The monoisotopic (exact) mass is 518 g/mol. The Kier molecular flexibility index (Phi) is 6.65. The van der Waals surface area contributed by atoms with E-state index in [2.05, 4.69) is 4.98 Å². The molecule has 6 nitrogen and oxygen atoms in total. The predicted molar refractivity (Wildman–Crippen MR) is 144 cm³/mol. The molecule has 4 aromatic rings. The normalized spacial score (nSPS) is 16.4. The molecular formula is C28H24Cl2N4O2. The minimum atomic E-state index is -0.644. The summed E-state index contributed by atoms with van der Waals surface area (Å²) in [5.74, 6) is -0.192. The van der Waals surface area contributed by atoms with Crippen LogP contribution in [0.25, 0.3) is 5.65 Å². The summed E-state index contributed by atoms with van der Waals surface area (Å²) in [7, 11) is 0. The van der Waals surface area contributed by atoms with Gasteiger partial charge in [-0.1, -0.05) is 67.7 Å². The number of benzodiazepines with no additional fused rings is 1. The lowest BCUT2D eigenvalue weighted by molar-refractivity contribution is -0.120. The predicted octanol–water partition coefficient (Wildman–Crippen LogP) is 5.80. The van der Waals surface area contributed by atoms with Gasteiger partial charge in [0.15, 0.2) is 0 Å². The van der Waals surface area contributed by atoms with Crippen molar-refractivity contribution < 1.29 is 4.79 Å². The standard InChI is InChI=1S/C28H24Cl2N4O2/c1-3-17(2)26-28(36)34(16-19-15-25(35)33-13-7-6-10-24(33)31-19)23-12-11-18(29)14-21(23)27(32-26)20-8-4-5-9-22(20)30/h4-15,17,26H,3,16H2,1-2H3. The van der Waals surface area contributed by atoms with E-state index in [-0.39, 0.29) is 23.9 Å². The van der Waals surface area contributed by atoms with E-state index in [4.69, 9.17) is 28.2 Å². The average Bonchev–Trinajstić information content (AvgIpc) is 2.98. The van der Waals surface area contributed by atoms with E-state index >= 15 is 0 Å². The van der Waals surface area contributed by atoms with Crippen LogP contribution in [0.1, 0.15) is 37.1 Å². The number of carbonyl (C=O) groups excluding carboxylic acids is 1. The Bertz CT molecular complexity index is 1560. The Labute approximate surface area is 218 Å². The van der Waals surface area contributed by atoms with Crippen LogP contribution in [0.5, 0.6) is 0 Å². The Hall–Kier alpha value is -3.48. The Morgan fingerprint density at radius 2 is 1.75 bits per heavy atom. The molecule has 5 rings (SSSR count). The zero-order valence-corrected chi connectivity index (χ0v) is 21.4. The topological polar surface area (TPSA) is 67.0 Å². The first kappa shape index (κ1) is 24.2. The zero-order chi connectivity index (χ0) is 25.4. The van der Waals surface area contributed by atoms with Gasteiger partial charge in [0.2, 0.25) is 0 Å². The van der Waals surface area contributed by atoms with E-state index in [1.165, 1.54) is 10.5 Å². The fraction of sp³-hybridized carbons (Fsp3) is 0.214. The first-order valence-electron chi connectivity index (χ1n) is 11.8. The highest BCUT2D eigenvalue weighted by Gasteiger charge is 2.35. The summed E-state index contributed by atoms with van der Waals surface area (Å²) >= 11 is 13.0. The molecule has 2 atom stereocenters. The molecule has 1 aliphatic rings. The molecule has 3 heterocycles. The van der Waals surface area contributed by atoms with Gasteiger partial charge in [-0.15, -0.1) is 0 Å². The van der Waals surface area contributed by atoms with E-state index in [1.807, 2.05) is 44.2 Å². The van der Waals surface area contributed by atoms with Gasteiger partial charge in [-0.3, -0.25) is 19.0 Å². The second-order valence-corrected chi connectivity index (χ2v) is 9.73. The summed E-state index contributed by atoms with van der Waals surface area (Å²) in [4.78, 5) is 38.1. The molecule has 2 aromatic heterocycles. The van der Waals surface area contributed by atoms with Crippen LogP contribution in [0.2, 0.25) is 10.0 Å². The maximum atomic E-state index is 14.0. The van der Waals surface area contributed by atoms with Crippen LogP contribution in [-0.2, 0) is 11.3 Å². The second-order valence-electron chi connectivity index (χ2n) is 8.89. The average molecular weight is 519 g/mol. The molecule has 2 unspecified atom stereocenters. The third kappa shape index (κ3) is 4.43. The minimum Gasteiger partial charge on any atom is -0.304 e. The first-order chi connectivity index (χ1) is 17.4. The first-order valence-corrected chi connectivity index (χ1v) is 12.5. The summed E-state index contributed by atoms with van der Waals surface area (Å²) in [6, 6.07) is 19.0. The number of rotatable bonds is 5. The number of benzene rings is 2. The van der Waals surface area contributed by atoms with Crippen molar-refractivity contribution in [1.29, 1.82) is 0 Å². The third-order valence-corrected chi connectivity index (χ3v) is 7.11. The van der Waals surface area contributed by atoms with Crippen molar-refractivity contribution >= 4 is 46.2 Å². The number of nitrogens with zero attached hydrogens (tertiary/aromatic N) is 4. The molecule has 0 spiro atoms. The number of hydrogen-bond donors (Lipinski definition) is 0. The SMILES string of the molecule is CCC(C)C1N=C(c2ccccc2Cl)c2cc(Cl)ccc2N(Cc2cc(=O)n3ccccc3n2)C1=O. The molecule has 0 saturated carbocycles. The molecule has 0 aliphatic carbocycles. The molecule has 0 N–H and O–H groups in total. The van der Waals surface area contributed by atoms with E-state index in [1.54, 1.807) is 41.4 Å². The fourth-order valence-electron chi connectivity index (χ4n) is 4.45. The van der Waals surface area contributed by atoms with Gasteiger partial charge < -0.3 is 4.90 Å². The van der Waals surface area contributed by atoms with Crippen LogP contribution < -0.4 is 10.5 Å². The molecule has 182 valence electrons. The molecule has 1 amide bonds. The van der Waals surface area contributed by atoms with Crippen LogP contribution >= 0.6 is 23.2 Å². The van der Waals surface area contributed by atoms with Gasteiger partial charge in [0.25, 0.3) is 11.5 Å². The van der Waals surface area contributed by atoms with E-state index < -0.39 is 6.04 Å². The van der Waals surface area contributed by atoms with Crippen molar-refractivity contribution in [2.24, 2.45) is 10.9 Å². The summed E-state index contributed by atoms with van der Waals surface area (Å²) in [6.45, 7) is 4.16. The van der Waals surface area contributed by atoms with Crippen molar-refractivity contribution in [3.05, 3.63) is 110 Å². The summed E-state index contributed by atoms with van der Waals surface area (Å²) < 4.78 is 1.47. The molecule has 0 saturated heterocycles. The molecule has 0 bridgehead atoms. The Morgan fingerprint density at radius 1 is 0.972 bits per heavy atom. The maximum Gasteiger partial charge on any atom is 0.258 e. The molecule has 36 heavy (non-hydrogen) atoms. The number of carbonyl (C=O) groups is 1. The number of halogens is 2. The number of aromatic nitrogens is 2. The highest BCUT2D eigenvalue weighted by atomic mass is 35.5. The maximum absolute atomic E-state index is 14.0. The number of anilines is 1. The van der Waals surface area contributed by atoms with Crippen LogP contribution in [0, 0.1) is 5.92 Å². The molecule has 2 aromatic carbocycles. The van der Waals surface area contributed by atoms with Crippen LogP contribution in [-0.4, -0.2) is 27.0 Å². The van der Waals surface area contributed by atoms with Crippen LogP contribution in [0.4, 0.5) is 5.69 Å². The van der Waals surface area contributed by atoms with Gasteiger partial charge in [-0.05, 0) is 42.3 Å². The zero-order valence-electron chi connectivity index (χ0n) is 19.9. The number of amides is 1. The highest BCUT2D eigenvalue weighted by molar-refractivity contribution is 6.37. The lowest BCUT2D eigenvalue weighted by Gasteiger charge is -2.27. The van der Waals surface area contributed by atoms with Crippen LogP contribution in [0.15, 0.2) is 82.7 Å². The Morgan fingerprint density at radius 3 is 2.53 bits per heavy atom. The van der Waals surface area contributed by atoms with Gasteiger partial charge in [0.1, 0.15) is 11.7 Å². The van der Waals surface area contributed by atoms with Gasteiger partial charge >= 0.3 is 0 Å². The Balaban J connectivity index is 1.71. The molecule has 0 radical (unpaired) electrons. The molecular weight excluding hydrogens is 495 g/mol.